The first-order chi connectivity index (χ1) is 13.1. The third-order valence-electron chi connectivity index (χ3n) is 4.45. The van der Waals surface area contributed by atoms with Crippen molar-refractivity contribution in [3.8, 4) is 11.3 Å². The number of carbonyl (C=O) groups excluding carboxylic acids is 1. The molecule has 2 N–H and O–H groups in total. The smallest absolute Gasteiger partial charge is 0.325 e. The van der Waals surface area contributed by atoms with Crippen LogP contribution >= 0.6 is 0 Å². The molecule has 1 amide bonds. The van der Waals surface area contributed by atoms with E-state index in [2.05, 4.69) is 27.3 Å². The zero-order valence-corrected chi connectivity index (χ0v) is 16.7. The van der Waals surface area contributed by atoms with Gasteiger partial charge in [-0.1, -0.05) is 33.3 Å². The number of benzene rings is 1. The van der Waals surface area contributed by atoms with Crippen molar-refractivity contribution in [1.82, 2.24) is 15.1 Å². The van der Waals surface area contributed by atoms with Crippen LogP contribution in [0.5, 0.6) is 0 Å². The number of aromatic nitrogens is 2. The van der Waals surface area contributed by atoms with E-state index in [0.717, 1.165) is 31.0 Å². The summed E-state index contributed by atoms with van der Waals surface area (Å²) in [6.07, 6.45) is -0.833. The summed E-state index contributed by atoms with van der Waals surface area (Å²) < 4.78 is 40.8. The number of anilines is 1. The van der Waals surface area contributed by atoms with Gasteiger partial charge in [-0.15, -0.1) is 0 Å². The lowest BCUT2D eigenvalue weighted by molar-refractivity contribution is -0.137. The molecule has 0 bridgehead atoms. The highest BCUT2D eigenvalue weighted by Crippen LogP contribution is 2.38. The van der Waals surface area contributed by atoms with Crippen molar-refractivity contribution in [1.29, 1.82) is 0 Å². The molecule has 0 radical (unpaired) electrons. The molecule has 1 aromatic heterocycles. The number of nitrogens with zero attached hydrogens (tertiary/aromatic N) is 2. The van der Waals surface area contributed by atoms with Crippen molar-refractivity contribution in [2.75, 3.05) is 18.9 Å². The summed E-state index contributed by atoms with van der Waals surface area (Å²) in [6, 6.07) is 3.91. The van der Waals surface area contributed by atoms with E-state index in [1.165, 1.54) is 6.07 Å². The second kappa shape index (κ2) is 9.23. The molecular weight excluding hydrogens is 369 g/mol. The fourth-order valence-corrected chi connectivity index (χ4v) is 2.80. The van der Waals surface area contributed by atoms with E-state index in [-0.39, 0.29) is 5.69 Å². The Morgan fingerprint density at radius 3 is 2.64 bits per heavy atom. The van der Waals surface area contributed by atoms with Crippen molar-refractivity contribution in [3.05, 3.63) is 35.5 Å². The Labute approximate surface area is 163 Å². The molecule has 0 saturated heterocycles. The Morgan fingerprint density at radius 1 is 1.32 bits per heavy atom. The predicted octanol–water partition coefficient (Wildman–Crippen LogP) is 4.92. The number of aromatic amines is 1. The Kier molecular flexibility index (Phi) is 7.23. The fourth-order valence-electron chi connectivity index (χ4n) is 2.80. The lowest BCUT2D eigenvalue weighted by Gasteiger charge is -2.18. The number of H-pyrrole nitrogens is 1. The first-order valence-electron chi connectivity index (χ1n) is 9.36. The van der Waals surface area contributed by atoms with Crippen molar-refractivity contribution >= 4 is 11.6 Å². The third kappa shape index (κ3) is 5.58. The van der Waals surface area contributed by atoms with E-state index < -0.39 is 23.6 Å². The van der Waals surface area contributed by atoms with Crippen LogP contribution in [-0.2, 0) is 17.5 Å². The lowest BCUT2D eigenvalue weighted by Crippen LogP contribution is -2.21. The average molecular weight is 396 g/mol. The van der Waals surface area contributed by atoms with E-state index in [1.54, 1.807) is 26.1 Å². The molecule has 0 aliphatic carbocycles. The van der Waals surface area contributed by atoms with Gasteiger partial charge in [0.1, 0.15) is 0 Å². The van der Waals surface area contributed by atoms with Gasteiger partial charge in [-0.3, -0.25) is 9.89 Å². The quantitative estimate of drug-likeness (QED) is 0.666. The Morgan fingerprint density at radius 2 is 2.04 bits per heavy atom. The molecule has 0 aliphatic heterocycles. The molecule has 0 spiro atoms. The second-order valence-electron chi connectivity index (χ2n) is 7.26. The number of alkyl halides is 3. The highest BCUT2D eigenvalue weighted by molar-refractivity contribution is 5.93. The first kappa shape index (κ1) is 21.9. The van der Waals surface area contributed by atoms with E-state index >= 15 is 0 Å². The van der Waals surface area contributed by atoms with E-state index in [4.69, 9.17) is 0 Å². The Bertz CT molecular complexity index is 799. The van der Waals surface area contributed by atoms with Gasteiger partial charge < -0.3 is 10.2 Å². The number of rotatable bonds is 8. The lowest BCUT2D eigenvalue weighted by atomic mass is 10.0. The summed E-state index contributed by atoms with van der Waals surface area (Å²) in [5.74, 6) is -0.878. The number of halogens is 3. The summed E-state index contributed by atoms with van der Waals surface area (Å²) in [5.41, 5.74) is 0.641. The minimum atomic E-state index is -4.59. The molecule has 5 nitrogen and oxygen atoms in total. The SMILES string of the molecule is CCCCN(C)Cc1cn[nH]c1-c1ccc(NC(=O)C(C)C)c(C(F)(F)F)c1. The van der Waals surface area contributed by atoms with Crippen molar-refractivity contribution in [2.24, 2.45) is 5.92 Å². The average Bonchev–Trinajstić information content (AvgIpc) is 3.07. The van der Waals surface area contributed by atoms with Crippen LogP contribution in [0, 0.1) is 5.92 Å². The topological polar surface area (TPSA) is 61.0 Å². The molecule has 154 valence electrons. The molecule has 0 aliphatic rings. The normalized spacial score (nSPS) is 12.0. The number of nitrogens with one attached hydrogen (secondary N) is 2. The largest absolute Gasteiger partial charge is 0.418 e. The van der Waals surface area contributed by atoms with Gasteiger partial charge in [0, 0.05) is 23.6 Å². The first-order valence-corrected chi connectivity index (χ1v) is 9.36. The molecular formula is C20H27F3N4O. The molecule has 2 rings (SSSR count). The zero-order valence-electron chi connectivity index (χ0n) is 16.7. The summed E-state index contributed by atoms with van der Waals surface area (Å²) in [7, 11) is 1.97. The molecule has 0 fully saturated rings. The van der Waals surface area contributed by atoms with Gasteiger partial charge in [-0.05, 0) is 32.1 Å². The molecule has 1 aromatic carbocycles. The van der Waals surface area contributed by atoms with Crippen LogP contribution in [0.4, 0.5) is 18.9 Å². The molecule has 2 aromatic rings. The Hall–Kier alpha value is -2.35. The summed E-state index contributed by atoms with van der Waals surface area (Å²) in [4.78, 5) is 14.0. The number of hydrogen-bond acceptors (Lipinski definition) is 3. The number of unbranched alkanes of at least 4 members (excludes halogenated alkanes) is 1. The maximum absolute atomic E-state index is 13.6. The van der Waals surface area contributed by atoms with E-state index in [1.807, 2.05) is 7.05 Å². The Balaban J connectivity index is 2.35. The van der Waals surface area contributed by atoms with Gasteiger partial charge in [-0.2, -0.15) is 18.3 Å². The fraction of sp³-hybridized carbons (Fsp3) is 0.500. The number of hydrogen-bond donors (Lipinski definition) is 2. The van der Waals surface area contributed by atoms with Gasteiger partial charge >= 0.3 is 6.18 Å². The predicted molar refractivity (Wildman–Crippen MR) is 104 cm³/mol. The molecule has 0 saturated carbocycles. The van der Waals surface area contributed by atoms with Gasteiger partial charge in [0.05, 0.1) is 23.1 Å². The molecule has 0 atom stereocenters. The summed E-state index contributed by atoms with van der Waals surface area (Å²) in [6.45, 7) is 6.84. The van der Waals surface area contributed by atoms with Crippen molar-refractivity contribution in [3.63, 3.8) is 0 Å². The minimum absolute atomic E-state index is 0.240. The molecule has 8 heteroatoms. The van der Waals surface area contributed by atoms with Gasteiger partial charge in [0.2, 0.25) is 5.91 Å². The summed E-state index contributed by atoms with van der Waals surface area (Å²) >= 11 is 0. The van der Waals surface area contributed by atoms with Gasteiger partial charge in [0.15, 0.2) is 0 Å². The van der Waals surface area contributed by atoms with Gasteiger partial charge in [-0.25, -0.2) is 0 Å². The standard InChI is InChI=1S/C20H27F3N4O/c1-5-6-9-27(4)12-15-11-24-26-18(15)14-7-8-17(25-19(28)13(2)3)16(10-14)20(21,22)23/h7-8,10-11,13H,5-6,9,12H2,1-4H3,(H,24,26)(H,25,28). The maximum Gasteiger partial charge on any atom is 0.418 e. The van der Waals surface area contributed by atoms with Crippen LogP contribution < -0.4 is 5.32 Å². The maximum atomic E-state index is 13.6. The van der Waals surface area contributed by atoms with E-state index in [0.29, 0.717) is 17.8 Å². The summed E-state index contributed by atoms with van der Waals surface area (Å²) in [5, 5.41) is 9.19. The van der Waals surface area contributed by atoms with Crippen LogP contribution in [0.2, 0.25) is 0 Å². The van der Waals surface area contributed by atoms with Crippen LogP contribution in [0.15, 0.2) is 24.4 Å². The minimum Gasteiger partial charge on any atom is -0.325 e. The highest BCUT2D eigenvalue weighted by Gasteiger charge is 2.34. The highest BCUT2D eigenvalue weighted by atomic mass is 19.4. The monoisotopic (exact) mass is 396 g/mol. The third-order valence-corrected chi connectivity index (χ3v) is 4.45. The van der Waals surface area contributed by atoms with Crippen molar-refractivity contribution < 1.29 is 18.0 Å². The van der Waals surface area contributed by atoms with Gasteiger partial charge in [0.25, 0.3) is 0 Å². The molecule has 1 heterocycles. The molecule has 0 unspecified atom stereocenters. The van der Waals surface area contributed by atoms with Crippen LogP contribution in [-0.4, -0.2) is 34.6 Å². The number of amides is 1. The van der Waals surface area contributed by atoms with Crippen LogP contribution in [0.3, 0.4) is 0 Å². The zero-order chi connectivity index (χ0) is 20.9. The van der Waals surface area contributed by atoms with Crippen LogP contribution in [0.25, 0.3) is 11.3 Å². The van der Waals surface area contributed by atoms with Crippen molar-refractivity contribution in [2.45, 2.75) is 46.3 Å². The molecule has 28 heavy (non-hydrogen) atoms. The second-order valence-corrected chi connectivity index (χ2v) is 7.26. The number of carbonyl (C=O) groups is 1. The van der Waals surface area contributed by atoms with E-state index in [9.17, 15) is 18.0 Å². The van der Waals surface area contributed by atoms with Crippen LogP contribution in [0.1, 0.15) is 44.7 Å².